The first-order chi connectivity index (χ1) is 28.0. The summed E-state index contributed by atoms with van der Waals surface area (Å²) in [5.74, 6) is -0.909. The summed E-state index contributed by atoms with van der Waals surface area (Å²) in [6.07, 6.45) is 53.7. The van der Waals surface area contributed by atoms with Gasteiger partial charge in [0.1, 0.15) is 13.2 Å². The molecule has 0 saturated carbocycles. The van der Waals surface area contributed by atoms with Gasteiger partial charge >= 0.3 is 17.9 Å². The Morgan fingerprint density at radius 2 is 0.649 bits per heavy atom. The molecule has 1 atom stereocenters. The van der Waals surface area contributed by atoms with Gasteiger partial charge in [-0.1, -0.05) is 198 Å². The van der Waals surface area contributed by atoms with E-state index in [0.717, 1.165) is 103 Å². The van der Waals surface area contributed by atoms with Crippen molar-refractivity contribution in [2.75, 3.05) is 13.2 Å². The monoisotopic (exact) mass is 799 g/mol. The molecule has 0 fully saturated rings. The fourth-order valence-electron chi connectivity index (χ4n) is 6.59. The van der Waals surface area contributed by atoms with E-state index < -0.39 is 6.10 Å². The van der Waals surface area contributed by atoms with Crippen molar-refractivity contribution in [2.24, 2.45) is 0 Å². The summed E-state index contributed by atoms with van der Waals surface area (Å²) in [4.78, 5) is 37.8. The number of hydrogen-bond acceptors (Lipinski definition) is 6. The molecule has 0 aliphatic heterocycles. The Hall–Kier alpha value is -2.63. The Morgan fingerprint density at radius 3 is 1.02 bits per heavy atom. The largest absolute Gasteiger partial charge is 0.462 e. The van der Waals surface area contributed by atoms with Gasteiger partial charge in [0.15, 0.2) is 6.10 Å². The molecule has 330 valence electrons. The molecule has 0 aromatic carbocycles. The van der Waals surface area contributed by atoms with Gasteiger partial charge in [-0.05, 0) is 70.6 Å². The molecule has 0 rings (SSSR count). The fourth-order valence-corrected chi connectivity index (χ4v) is 6.59. The van der Waals surface area contributed by atoms with Crippen LogP contribution in [0.1, 0.15) is 239 Å². The quantitative estimate of drug-likeness (QED) is 0.0265. The first-order valence-corrected chi connectivity index (χ1v) is 24.1. The van der Waals surface area contributed by atoms with E-state index in [0.29, 0.717) is 19.3 Å². The molecule has 6 heteroatoms. The Morgan fingerprint density at radius 1 is 0.351 bits per heavy atom. The lowest BCUT2D eigenvalue weighted by Gasteiger charge is -2.18. The highest BCUT2D eigenvalue weighted by atomic mass is 16.6. The van der Waals surface area contributed by atoms with Crippen LogP contribution in [0.2, 0.25) is 0 Å². The number of carbonyl (C=O) groups is 3. The van der Waals surface area contributed by atoms with Crippen LogP contribution >= 0.6 is 0 Å². The van der Waals surface area contributed by atoms with Crippen LogP contribution in [0.4, 0.5) is 0 Å². The summed E-state index contributed by atoms with van der Waals surface area (Å²) in [6, 6.07) is 0. The van der Waals surface area contributed by atoms with Gasteiger partial charge in [-0.2, -0.15) is 0 Å². The van der Waals surface area contributed by atoms with Crippen LogP contribution in [-0.2, 0) is 28.6 Å². The molecule has 0 amide bonds. The zero-order chi connectivity index (χ0) is 41.5. The van der Waals surface area contributed by atoms with E-state index in [-0.39, 0.29) is 31.1 Å². The van der Waals surface area contributed by atoms with E-state index in [1.807, 2.05) is 0 Å². The van der Waals surface area contributed by atoms with Crippen molar-refractivity contribution in [1.29, 1.82) is 0 Å². The second kappa shape index (κ2) is 46.1. The summed E-state index contributed by atoms with van der Waals surface area (Å²) in [5.41, 5.74) is 0. The molecule has 0 aliphatic rings. The smallest absolute Gasteiger partial charge is 0.306 e. The Balaban J connectivity index is 4.41. The average Bonchev–Trinajstić information content (AvgIpc) is 3.21. The number of rotatable bonds is 43. The summed E-state index contributed by atoms with van der Waals surface area (Å²) in [7, 11) is 0. The van der Waals surface area contributed by atoms with E-state index in [4.69, 9.17) is 14.2 Å². The number of carbonyl (C=O) groups excluding carboxylic acids is 3. The number of hydrogen-bond donors (Lipinski definition) is 0. The zero-order valence-electron chi connectivity index (χ0n) is 37.6. The van der Waals surface area contributed by atoms with Crippen LogP contribution < -0.4 is 0 Å². The van der Waals surface area contributed by atoms with Gasteiger partial charge in [-0.15, -0.1) is 0 Å². The van der Waals surface area contributed by atoms with Crippen molar-refractivity contribution in [1.82, 2.24) is 0 Å². The molecule has 0 aliphatic carbocycles. The van der Waals surface area contributed by atoms with Gasteiger partial charge in [0, 0.05) is 19.3 Å². The predicted molar refractivity (Wildman–Crippen MR) is 242 cm³/mol. The minimum absolute atomic E-state index is 0.0818. The first kappa shape index (κ1) is 54.4. The maximum absolute atomic E-state index is 12.7. The first-order valence-electron chi connectivity index (χ1n) is 24.1. The van der Waals surface area contributed by atoms with E-state index >= 15 is 0 Å². The molecular formula is C51H90O6. The highest BCUT2D eigenvalue weighted by Gasteiger charge is 2.19. The lowest BCUT2D eigenvalue weighted by molar-refractivity contribution is -0.167. The number of esters is 3. The van der Waals surface area contributed by atoms with Gasteiger partial charge in [0.2, 0.25) is 0 Å². The van der Waals surface area contributed by atoms with Crippen LogP contribution in [0.5, 0.6) is 0 Å². The minimum atomic E-state index is -0.782. The lowest BCUT2D eigenvalue weighted by Crippen LogP contribution is -2.30. The predicted octanol–water partition coefficient (Wildman–Crippen LogP) is 15.5. The van der Waals surface area contributed by atoms with Gasteiger partial charge in [0.25, 0.3) is 0 Å². The molecule has 0 heterocycles. The molecule has 57 heavy (non-hydrogen) atoms. The summed E-state index contributed by atoms with van der Waals surface area (Å²) in [6.45, 7) is 6.52. The topological polar surface area (TPSA) is 78.9 Å². The minimum Gasteiger partial charge on any atom is -0.462 e. The van der Waals surface area contributed by atoms with Crippen molar-refractivity contribution in [3.05, 3.63) is 48.6 Å². The Labute approximate surface area is 352 Å². The van der Waals surface area contributed by atoms with Crippen LogP contribution in [0.15, 0.2) is 48.6 Å². The maximum Gasteiger partial charge on any atom is 0.306 e. The second-order valence-electron chi connectivity index (χ2n) is 16.0. The average molecular weight is 799 g/mol. The Kier molecular flexibility index (Phi) is 43.9. The Bertz CT molecular complexity index is 1010. The van der Waals surface area contributed by atoms with Gasteiger partial charge < -0.3 is 14.2 Å². The van der Waals surface area contributed by atoms with E-state index in [2.05, 4.69) is 69.4 Å². The summed E-state index contributed by atoms with van der Waals surface area (Å²) < 4.78 is 16.7. The summed E-state index contributed by atoms with van der Waals surface area (Å²) in [5, 5.41) is 0. The molecule has 0 aromatic rings. The molecule has 0 radical (unpaired) electrons. The van der Waals surface area contributed by atoms with Crippen molar-refractivity contribution in [3.63, 3.8) is 0 Å². The number of unbranched alkanes of at least 4 members (excludes halogenated alkanes) is 24. The second-order valence-corrected chi connectivity index (χ2v) is 16.0. The van der Waals surface area contributed by atoms with Crippen molar-refractivity contribution < 1.29 is 28.6 Å². The standard InChI is InChI=1S/C51H90O6/c1-4-7-10-13-16-19-22-24-26-29-32-35-38-41-44-50(53)56-47-48(46-55-49(52)43-40-37-34-31-28-21-18-15-12-9-6-3)57-51(54)45-42-39-36-33-30-27-25-23-20-17-14-11-8-5-2/h13-14,16-17,22-25,48H,4-12,15,18-21,26-47H2,1-3H3/b16-13-,17-14-,24-22-,25-23-/t48-/m1/s1. The molecule has 0 spiro atoms. The third-order valence-corrected chi connectivity index (χ3v) is 10.3. The normalized spacial score (nSPS) is 12.4. The van der Waals surface area contributed by atoms with Crippen LogP contribution in [0.25, 0.3) is 0 Å². The van der Waals surface area contributed by atoms with E-state index in [1.165, 1.54) is 96.3 Å². The molecule has 0 unspecified atom stereocenters. The van der Waals surface area contributed by atoms with Crippen molar-refractivity contribution >= 4 is 17.9 Å². The SMILES string of the molecule is CCCC/C=C\C/C=C\CCCCCCCC(=O)OC[C@@H](COC(=O)CCCCCCCCCCCCC)OC(=O)CCCCCCC/C=C\C/C=C\CCCC. The highest BCUT2D eigenvalue weighted by molar-refractivity contribution is 5.71. The van der Waals surface area contributed by atoms with Crippen LogP contribution in [0, 0.1) is 0 Å². The number of ether oxygens (including phenoxy) is 3. The third kappa shape index (κ3) is 44.3. The molecule has 0 saturated heterocycles. The van der Waals surface area contributed by atoms with Crippen LogP contribution in [-0.4, -0.2) is 37.2 Å². The van der Waals surface area contributed by atoms with Gasteiger partial charge in [-0.3, -0.25) is 14.4 Å². The van der Waals surface area contributed by atoms with E-state index in [1.54, 1.807) is 0 Å². The molecule has 0 aromatic heterocycles. The molecule has 6 nitrogen and oxygen atoms in total. The van der Waals surface area contributed by atoms with Gasteiger partial charge in [-0.25, -0.2) is 0 Å². The van der Waals surface area contributed by atoms with E-state index in [9.17, 15) is 14.4 Å². The molecule has 0 bridgehead atoms. The van der Waals surface area contributed by atoms with Crippen molar-refractivity contribution in [3.8, 4) is 0 Å². The molecule has 0 N–H and O–H groups in total. The zero-order valence-corrected chi connectivity index (χ0v) is 37.6. The van der Waals surface area contributed by atoms with Crippen LogP contribution in [0.3, 0.4) is 0 Å². The maximum atomic E-state index is 12.7. The summed E-state index contributed by atoms with van der Waals surface area (Å²) >= 11 is 0. The lowest BCUT2D eigenvalue weighted by atomic mass is 10.1. The van der Waals surface area contributed by atoms with Gasteiger partial charge in [0.05, 0.1) is 0 Å². The third-order valence-electron chi connectivity index (χ3n) is 10.3. The van der Waals surface area contributed by atoms with Crippen molar-refractivity contribution in [2.45, 2.75) is 245 Å². The fraction of sp³-hybridized carbons (Fsp3) is 0.784. The molecular weight excluding hydrogens is 709 g/mol. The highest BCUT2D eigenvalue weighted by Crippen LogP contribution is 2.14. The number of allylic oxidation sites excluding steroid dienone is 8.